The number of hydrogen-bond donors (Lipinski definition) is 2. The second kappa shape index (κ2) is 6.07. The molecule has 3 N–H and O–H groups in total. The van der Waals surface area contributed by atoms with Crippen molar-refractivity contribution in [2.24, 2.45) is 0 Å². The average Bonchev–Trinajstić information content (AvgIpc) is 2.76. The molecule has 0 bridgehead atoms. The predicted molar refractivity (Wildman–Crippen MR) is 89.5 cm³/mol. The molecule has 0 saturated heterocycles. The van der Waals surface area contributed by atoms with Gasteiger partial charge >= 0.3 is 5.97 Å². The van der Waals surface area contributed by atoms with Gasteiger partial charge in [-0.15, -0.1) is 11.3 Å². The van der Waals surface area contributed by atoms with Crippen LogP contribution in [-0.4, -0.2) is 18.2 Å². The summed E-state index contributed by atoms with van der Waals surface area (Å²) in [6, 6.07) is 5.67. The van der Waals surface area contributed by atoms with Crippen molar-refractivity contribution in [3.8, 4) is 16.2 Å². The third kappa shape index (κ3) is 2.91. The highest BCUT2D eigenvalue weighted by molar-refractivity contribution is 9.10. The maximum absolute atomic E-state index is 11.3. The maximum atomic E-state index is 11.3. The molecule has 0 atom stereocenters. The lowest BCUT2D eigenvalue weighted by atomic mass is 9.98. The first-order chi connectivity index (χ1) is 9.86. The van der Waals surface area contributed by atoms with E-state index in [2.05, 4.69) is 15.9 Å². The predicted octanol–water partition coefficient (Wildman–Crippen LogP) is 4.59. The molecular weight excluding hydrogens is 354 g/mol. The lowest BCUT2D eigenvalue weighted by Gasteiger charge is -2.10. The number of carbonyl (C=O) groups is 1. The molecular formula is C15H16BrNO3S. The van der Waals surface area contributed by atoms with E-state index in [4.69, 9.17) is 10.5 Å². The summed E-state index contributed by atoms with van der Waals surface area (Å²) in [6.07, 6.45) is 0. The fourth-order valence-corrected chi connectivity index (χ4v) is 3.96. The molecule has 0 spiro atoms. The first-order valence-corrected chi connectivity index (χ1v) is 7.97. The van der Waals surface area contributed by atoms with Gasteiger partial charge < -0.3 is 15.6 Å². The molecule has 1 heterocycles. The molecule has 2 rings (SSSR count). The Hall–Kier alpha value is -1.53. The van der Waals surface area contributed by atoms with E-state index < -0.39 is 5.97 Å². The highest BCUT2D eigenvalue weighted by atomic mass is 79.9. The Balaban J connectivity index is 2.65. The number of halogens is 1. The molecule has 6 heteroatoms. The van der Waals surface area contributed by atoms with E-state index in [0.717, 1.165) is 26.2 Å². The molecule has 4 nitrogen and oxygen atoms in total. The van der Waals surface area contributed by atoms with Crippen molar-refractivity contribution >= 4 is 38.9 Å². The summed E-state index contributed by atoms with van der Waals surface area (Å²) in [7, 11) is 1.60. The number of nitrogens with two attached hydrogens (primary N) is 1. The van der Waals surface area contributed by atoms with Gasteiger partial charge in [-0.25, -0.2) is 4.79 Å². The van der Waals surface area contributed by atoms with E-state index in [1.165, 1.54) is 11.3 Å². The number of nitrogen functional groups attached to an aromatic ring is 1. The van der Waals surface area contributed by atoms with Crippen molar-refractivity contribution in [2.75, 3.05) is 12.8 Å². The average molecular weight is 370 g/mol. The number of rotatable bonds is 4. The minimum Gasteiger partial charge on any atom is -0.496 e. The van der Waals surface area contributed by atoms with E-state index >= 15 is 0 Å². The van der Waals surface area contributed by atoms with Gasteiger partial charge in [0.25, 0.3) is 0 Å². The van der Waals surface area contributed by atoms with E-state index in [9.17, 15) is 9.90 Å². The van der Waals surface area contributed by atoms with Crippen molar-refractivity contribution in [1.82, 2.24) is 0 Å². The highest BCUT2D eigenvalue weighted by Crippen LogP contribution is 2.44. The third-order valence-corrected chi connectivity index (χ3v) is 5.05. The van der Waals surface area contributed by atoms with Crippen LogP contribution in [0, 0.1) is 0 Å². The summed E-state index contributed by atoms with van der Waals surface area (Å²) in [5.74, 6) is -0.115. The smallest absolute Gasteiger partial charge is 0.348 e. The van der Waals surface area contributed by atoms with Crippen LogP contribution in [0.1, 0.15) is 35.0 Å². The number of aromatic carboxylic acids is 1. The summed E-state index contributed by atoms with van der Waals surface area (Å²) >= 11 is 4.66. The fraction of sp³-hybridized carbons (Fsp3) is 0.267. The molecule has 1 aromatic carbocycles. The van der Waals surface area contributed by atoms with Gasteiger partial charge in [0.2, 0.25) is 0 Å². The maximum Gasteiger partial charge on any atom is 0.348 e. The van der Waals surface area contributed by atoms with Gasteiger partial charge in [-0.1, -0.05) is 13.8 Å². The van der Waals surface area contributed by atoms with Gasteiger partial charge in [-0.2, -0.15) is 0 Å². The molecule has 21 heavy (non-hydrogen) atoms. The van der Waals surface area contributed by atoms with E-state index in [-0.39, 0.29) is 10.8 Å². The number of carboxylic acids is 1. The summed E-state index contributed by atoms with van der Waals surface area (Å²) < 4.78 is 6.04. The molecule has 0 saturated carbocycles. The highest BCUT2D eigenvalue weighted by Gasteiger charge is 2.23. The molecule has 0 aliphatic carbocycles. The molecule has 0 aliphatic rings. The largest absolute Gasteiger partial charge is 0.496 e. The van der Waals surface area contributed by atoms with Crippen LogP contribution >= 0.6 is 27.3 Å². The normalized spacial score (nSPS) is 10.9. The summed E-state index contributed by atoms with van der Waals surface area (Å²) in [5.41, 5.74) is 8.21. The van der Waals surface area contributed by atoms with Gasteiger partial charge in [0.05, 0.1) is 17.3 Å². The van der Waals surface area contributed by atoms with E-state index in [1.807, 2.05) is 32.0 Å². The number of thiophene rings is 1. The Morgan fingerprint density at radius 3 is 2.57 bits per heavy atom. The quantitative estimate of drug-likeness (QED) is 0.826. The van der Waals surface area contributed by atoms with Crippen molar-refractivity contribution in [1.29, 1.82) is 0 Å². The Morgan fingerprint density at radius 1 is 1.43 bits per heavy atom. The molecule has 0 aliphatic heterocycles. The van der Waals surface area contributed by atoms with Crippen molar-refractivity contribution in [3.05, 3.63) is 33.1 Å². The zero-order chi connectivity index (χ0) is 15.7. The third-order valence-electron chi connectivity index (χ3n) is 3.17. The number of hydrogen-bond acceptors (Lipinski definition) is 4. The van der Waals surface area contributed by atoms with Gasteiger partial charge in [-0.3, -0.25) is 0 Å². The Morgan fingerprint density at radius 2 is 2.10 bits per heavy atom. The first-order valence-electron chi connectivity index (χ1n) is 6.36. The van der Waals surface area contributed by atoms with Crippen LogP contribution < -0.4 is 10.5 Å². The molecule has 1 aromatic heterocycles. The molecule has 112 valence electrons. The Bertz CT molecular complexity index is 694. The van der Waals surface area contributed by atoms with Crippen LogP contribution in [0.5, 0.6) is 5.75 Å². The number of anilines is 1. The molecule has 0 fully saturated rings. The van der Waals surface area contributed by atoms with E-state index in [0.29, 0.717) is 5.69 Å². The molecule has 0 radical (unpaired) electrons. The summed E-state index contributed by atoms with van der Waals surface area (Å²) in [4.78, 5) is 12.4. The lowest BCUT2D eigenvalue weighted by Crippen LogP contribution is -2.00. The minimum atomic E-state index is -0.988. The second-order valence-corrected chi connectivity index (χ2v) is 6.77. The minimum absolute atomic E-state index is 0.144. The monoisotopic (exact) mass is 369 g/mol. The van der Waals surface area contributed by atoms with Crippen LogP contribution in [0.4, 0.5) is 5.69 Å². The van der Waals surface area contributed by atoms with Gasteiger partial charge in [0.15, 0.2) is 0 Å². The van der Waals surface area contributed by atoms with E-state index in [1.54, 1.807) is 7.11 Å². The number of benzene rings is 1. The Labute approximate surface area is 135 Å². The summed E-state index contributed by atoms with van der Waals surface area (Å²) in [6.45, 7) is 4.01. The molecule has 2 aromatic rings. The van der Waals surface area contributed by atoms with Gasteiger partial charge in [0.1, 0.15) is 10.6 Å². The van der Waals surface area contributed by atoms with Crippen LogP contribution in [-0.2, 0) is 0 Å². The molecule has 0 unspecified atom stereocenters. The second-order valence-electron chi connectivity index (χ2n) is 4.90. The zero-order valence-corrected chi connectivity index (χ0v) is 14.3. The zero-order valence-electron chi connectivity index (χ0n) is 11.9. The number of ether oxygens (including phenoxy) is 1. The number of carboxylic acid groups (broad SMARTS) is 1. The van der Waals surface area contributed by atoms with Crippen molar-refractivity contribution < 1.29 is 14.6 Å². The van der Waals surface area contributed by atoms with Crippen LogP contribution in [0.15, 0.2) is 22.7 Å². The lowest BCUT2D eigenvalue weighted by molar-refractivity contribution is 0.0703. The van der Waals surface area contributed by atoms with Crippen LogP contribution in [0.3, 0.4) is 0 Å². The number of methoxy groups -OCH3 is 1. The van der Waals surface area contributed by atoms with Crippen molar-refractivity contribution in [2.45, 2.75) is 19.8 Å². The summed E-state index contributed by atoms with van der Waals surface area (Å²) in [5, 5.41) is 9.27. The Kier molecular flexibility index (Phi) is 4.58. The van der Waals surface area contributed by atoms with Crippen molar-refractivity contribution in [3.63, 3.8) is 0 Å². The topological polar surface area (TPSA) is 72.5 Å². The standard InChI is InChI=1S/C15H16BrNO3S/c1-7(2)11-12(17)14(15(18)19)21-13(11)8-4-5-10(20-3)9(16)6-8/h4-7H,17H2,1-3H3,(H,18,19). The van der Waals surface area contributed by atoms with Gasteiger partial charge in [0, 0.05) is 4.88 Å². The first kappa shape index (κ1) is 15.9. The SMILES string of the molecule is COc1ccc(-c2sc(C(=O)O)c(N)c2C(C)C)cc1Br. The molecule has 0 amide bonds. The fourth-order valence-electron chi connectivity index (χ4n) is 2.21. The van der Waals surface area contributed by atoms with Crippen LogP contribution in [0.25, 0.3) is 10.4 Å². The van der Waals surface area contributed by atoms with Crippen LogP contribution in [0.2, 0.25) is 0 Å². The van der Waals surface area contributed by atoms with Gasteiger partial charge in [-0.05, 0) is 51.2 Å².